The summed E-state index contributed by atoms with van der Waals surface area (Å²) in [7, 11) is 0. The van der Waals surface area contributed by atoms with E-state index in [1.54, 1.807) is 24.5 Å². The molecule has 20 heavy (non-hydrogen) atoms. The summed E-state index contributed by atoms with van der Waals surface area (Å²) >= 11 is 0. The molecule has 1 aromatic carbocycles. The zero-order valence-electron chi connectivity index (χ0n) is 11.7. The average molecular weight is 270 g/mol. The van der Waals surface area contributed by atoms with Crippen molar-refractivity contribution in [3.63, 3.8) is 0 Å². The summed E-state index contributed by atoms with van der Waals surface area (Å²) in [5.41, 5.74) is 2.02. The predicted octanol–water partition coefficient (Wildman–Crippen LogP) is 3.22. The Morgan fingerprint density at radius 3 is 2.60 bits per heavy atom. The molecule has 4 nitrogen and oxygen atoms in total. The van der Waals surface area contributed by atoms with Crippen LogP contribution in [0.4, 0.5) is 5.69 Å². The van der Waals surface area contributed by atoms with Crippen molar-refractivity contribution >= 4 is 11.6 Å². The van der Waals surface area contributed by atoms with E-state index in [2.05, 4.69) is 24.1 Å². The van der Waals surface area contributed by atoms with Crippen molar-refractivity contribution in [2.24, 2.45) is 0 Å². The minimum Gasteiger partial charge on any atom is -0.482 e. The summed E-state index contributed by atoms with van der Waals surface area (Å²) in [5, 5.41) is 2.79. The molecule has 0 aliphatic heterocycles. The Morgan fingerprint density at radius 2 is 2.00 bits per heavy atom. The van der Waals surface area contributed by atoms with Gasteiger partial charge in [0.2, 0.25) is 0 Å². The van der Waals surface area contributed by atoms with Gasteiger partial charge in [0, 0.05) is 11.9 Å². The molecule has 0 spiro atoms. The maximum Gasteiger partial charge on any atom is 0.262 e. The van der Waals surface area contributed by atoms with Gasteiger partial charge in [-0.3, -0.25) is 9.78 Å². The molecular formula is C16H18N2O2. The number of ether oxygens (including phenoxy) is 1. The summed E-state index contributed by atoms with van der Waals surface area (Å²) < 4.78 is 5.33. The Labute approximate surface area is 118 Å². The molecule has 0 aliphatic rings. The third kappa shape index (κ3) is 4.09. The third-order valence-electron chi connectivity index (χ3n) is 2.87. The molecule has 0 unspecified atom stereocenters. The van der Waals surface area contributed by atoms with Crippen LogP contribution in [0.5, 0.6) is 5.75 Å². The standard InChI is InChI=1S/C16H18N2O2/c1-12(2)13-5-7-14(8-6-13)18-16(19)11-20-15-4-3-9-17-10-15/h3-10,12H,11H2,1-2H3,(H,18,19). The van der Waals surface area contributed by atoms with E-state index in [1.807, 2.05) is 24.3 Å². The van der Waals surface area contributed by atoms with Gasteiger partial charge in [0.1, 0.15) is 5.75 Å². The minimum absolute atomic E-state index is 0.0301. The summed E-state index contributed by atoms with van der Waals surface area (Å²) in [6.07, 6.45) is 3.23. The first-order chi connectivity index (χ1) is 9.65. The Balaban J connectivity index is 1.85. The number of benzene rings is 1. The van der Waals surface area contributed by atoms with Crippen molar-refractivity contribution in [2.75, 3.05) is 11.9 Å². The van der Waals surface area contributed by atoms with E-state index < -0.39 is 0 Å². The Bertz CT molecular complexity index is 550. The van der Waals surface area contributed by atoms with Crippen LogP contribution in [-0.4, -0.2) is 17.5 Å². The fourth-order valence-electron chi connectivity index (χ4n) is 1.73. The van der Waals surface area contributed by atoms with Crippen LogP contribution < -0.4 is 10.1 Å². The molecule has 0 fully saturated rings. The van der Waals surface area contributed by atoms with Gasteiger partial charge in [-0.25, -0.2) is 0 Å². The van der Waals surface area contributed by atoms with Crippen molar-refractivity contribution in [3.05, 3.63) is 54.4 Å². The molecule has 0 saturated heterocycles. The Kier molecular flexibility index (Phi) is 4.71. The number of carbonyl (C=O) groups is 1. The molecule has 1 N–H and O–H groups in total. The zero-order valence-corrected chi connectivity index (χ0v) is 11.7. The number of anilines is 1. The lowest BCUT2D eigenvalue weighted by atomic mass is 10.0. The molecule has 0 atom stereocenters. The quantitative estimate of drug-likeness (QED) is 0.907. The minimum atomic E-state index is -0.189. The highest BCUT2D eigenvalue weighted by molar-refractivity contribution is 5.91. The smallest absolute Gasteiger partial charge is 0.262 e. The number of aromatic nitrogens is 1. The molecule has 0 bridgehead atoms. The van der Waals surface area contributed by atoms with Crippen LogP contribution in [0, 0.1) is 0 Å². The summed E-state index contributed by atoms with van der Waals surface area (Å²) in [4.78, 5) is 15.7. The highest BCUT2D eigenvalue weighted by atomic mass is 16.5. The van der Waals surface area contributed by atoms with Crippen LogP contribution >= 0.6 is 0 Å². The number of pyridine rings is 1. The first-order valence-electron chi connectivity index (χ1n) is 6.58. The van der Waals surface area contributed by atoms with E-state index in [4.69, 9.17) is 4.74 Å². The molecule has 1 aromatic heterocycles. The fourth-order valence-corrected chi connectivity index (χ4v) is 1.73. The van der Waals surface area contributed by atoms with Gasteiger partial charge in [-0.1, -0.05) is 26.0 Å². The molecule has 1 heterocycles. The molecule has 104 valence electrons. The second kappa shape index (κ2) is 6.70. The second-order valence-electron chi connectivity index (χ2n) is 4.80. The maximum absolute atomic E-state index is 11.7. The number of nitrogens with one attached hydrogen (secondary N) is 1. The molecule has 2 aromatic rings. The summed E-state index contributed by atoms with van der Waals surface area (Å²) in [6.45, 7) is 4.24. The van der Waals surface area contributed by atoms with Crippen molar-refractivity contribution < 1.29 is 9.53 Å². The van der Waals surface area contributed by atoms with E-state index in [0.29, 0.717) is 11.7 Å². The van der Waals surface area contributed by atoms with Crippen molar-refractivity contribution in [1.29, 1.82) is 0 Å². The van der Waals surface area contributed by atoms with Crippen LogP contribution in [0.2, 0.25) is 0 Å². The van der Waals surface area contributed by atoms with Crippen molar-refractivity contribution in [3.8, 4) is 5.75 Å². The summed E-state index contributed by atoms with van der Waals surface area (Å²) in [6, 6.07) is 11.4. The summed E-state index contributed by atoms with van der Waals surface area (Å²) in [5.74, 6) is 0.873. The lowest BCUT2D eigenvalue weighted by molar-refractivity contribution is -0.118. The van der Waals surface area contributed by atoms with E-state index in [-0.39, 0.29) is 12.5 Å². The number of hydrogen-bond donors (Lipinski definition) is 1. The van der Waals surface area contributed by atoms with Gasteiger partial charge >= 0.3 is 0 Å². The molecule has 1 amide bonds. The first-order valence-corrected chi connectivity index (χ1v) is 6.58. The Morgan fingerprint density at radius 1 is 1.25 bits per heavy atom. The van der Waals surface area contributed by atoms with Crippen LogP contribution in [0.15, 0.2) is 48.8 Å². The molecule has 0 radical (unpaired) electrons. The lowest BCUT2D eigenvalue weighted by Crippen LogP contribution is -2.20. The maximum atomic E-state index is 11.7. The lowest BCUT2D eigenvalue weighted by Gasteiger charge is -2.09. The van der Waals surface area contributed by atoms with Gasteiger partial charge in [0.15, 0.2) is 6.61 Å². The molecular weight excluding hydrogens is 252 g/mol. The SMILES string of the molecule is CC(C)c1ccc(NC(=O)COc2cccnc2)cc1. The Hall–Kier alpha value is -2.36. The van der Waals surface area contributed by atoms with Gasteiger partial charge in [-0.15, -0.1) is 0 Å². The number of amides is 1. The van der Waals surface area contributed by atoms with E-state index >= 15 is 0 Å². The van der Waals surface area contributed by atoms with E-state index in [1.165, 1.54) is 5.56 Å². The van der Waals surface area contributed by atoms with Crippen LogP contribution in [-0.2, 0) is 4.79 Å². The van der Waals surface area contributed by atoms with Gasteiger partial charge < -0.3 is 10.1 Å². The second-order valence-corrected chi connectivity index (χ2v) is 4.80. The van der Waals surface area contributed by atoms with E-state index in [0.717, 1.165) is 5.69 Å². The van der Waals surface area contributed by atoms with E-state index in [9.17, 15) is 4.79 Å². The molecule has 0 saturated carbocycles. The third-order valence-corrected chi connectivity index (χ3v) is 2.87. The molecule has 2 rings (SSSR count). The largest absolute Gasteiger partial charge is 0.482 e. The highest BCUT2D eigenvalue weighted by Gasteiger charge is 2.04. The topological polar surface area (TPSA) is 51.2 Å². The van der Waals surface area contributed by atoms with Crippen LogP contribution in [0.1, 0.15) is 25.3 Å². The fraction of sp³-hybridized carbons (Fsp3) is 0.250. The highest BCUT2D eigenvalue weighted by Crippen LogP contribution is 2.17. The van der Waals surface area contributed by atoms with Crippen LogP contribution in [0.25, 0.3) is 0 Å². The number of carbonyl (C=O) groups excluding carboxylic acids is 1. The first kappa shape index (κ1) is 14.1. The average Bonchev–Trinajstić information content (AvgIpc) is 2.47. The van der Waals surface area contributed by atoms with Crippen LogP contribution in [0.3, 0.4) is 0 Å². The number of hydrogen-bond acceptors (Lipinski definition) is 3. The number of nitrogens with zero attached hydrogens (tertiary/aromatic N) is 1. The van der Waals surface area contributed by atoms with Crippen molar-refractivity contribution in [2.45, 2.75) is 19.8 Å². The normalized spacial score (nSPS) is 10.3. The molecule has 4 heteroatoms. The van der Waals surface area contributed by atoms with Crippen molar-refractivity contribution in [1.82, 2.24) is 4.98 Å². The van der Waals surface area contributed by atoms with Gasteiger partial charge in [-0.05, 0) is 35.7 Å². The van der Waals surface area contributed by atoms with Gasteiger partial charge in [-0.2, -0.15) is 0 Å². The number of rotatable bonds is 5. The molecule has 0 aliphatic carbocycles. The predicted molar refractivity (Wildman–Crippen MR) is 78.9 cm³/mol. The van der Waals surface area contributed by atoms with Gasteiger partial charge in [0.05, 0.1) is 6.20 Å². The van der Waals surface area contributed by atoms with Gasteiger partial charge in [0.25, 0.3) is 5.91 Å². The zero-order chi connectivity index (χ0) is 14.4. The monoisotopic (exact) mass is 270 g/mol.